The molecule has 0 aromatic heterocycles. The topological polar surface area (TPSA) is 67.9 Å². The minimum Gasteiger partial charge on any atom is -0.497 e. The summed E-state index contributed by atoms with van der Waals surface area (Å²) in [6.07, 6.45) is 1.32. The third kappa shape index (κ3) is 7.24. The van der Waals surface area contributed by atoms with Gasteiger partial charge in [0.05, 0.1) is 7.11 Å². The van der Waals surface area contributed by atoms with Crippen LogP contribution in [0.2, 0.25) is 0 Å². The Kier molecular flexibility index (Phi) is 9.76. The van der Waals surface area contributed by atoms with Crippen molar-refractivity contribution in [1.29, 1.82) is 0 Å². The fourth-order valence-corrected chi connectivity index (χ4v) is 3.70. The molecule has 0 saturated carbocycles. The predicted molar refractivity (Wildman–Crippen MR) is 132 cm³/mol. The van der Waals surface area contributed by atoms with E-state index in [1.807, 2.05) is 71.9 Å². The zero-order valence-corrected chi connectivity index (χ0v) is 21.0. The van der Waals surface area contributed by atoms with E-state index in [2.05, 4.69) is 11.4 Å². The van der Waals surface area contributed by atoms with Crippen molar-refractivity contribution in [2.45, 2.75) is 73.0 Å². The summed E-state index contributed by atoms with van der Waals surface area (Å²) in [4.78, 5) is 28.1. The summed E-state index contributed by atoms with van der Waals surface area (Å²) in [6, 6.07) is 11.0. The number of aryl methyl sites for hydroxylation is 2. The van der Waals surface area contributed by atoms with E-state index in [1.165, 1.54) is 0 Å². The molecule has 0 heterocycles. The van der Waals surface area contributed by atoms with E-state index in [4.69, 9.17) is 9.47 Å². The average Bonchev–Trinajstić information content (AvgIpc) is 2.79. The van der Waals surface area contributed by atoms with Gasteiger partial charge in [-0.1, -0.05) is 32.0 Å². The Hall–Kier alpha value is -3.02. The molecule has 2 aromatic rings. The van der Waals surface area contributed by atoms with Crippen LogP contribution in [-0.2, 0) is 16.1 Å². The van der Waals surface area contributed by atoms with Gasteiger partial charge in [-0.15, -0.1) is 0 Å². The maximum absolute atomic E-state index is 13.4. The first-order valence-electron chi connectivity index (χ1n) is 11.6. The lowest BCUT2D eigenvalue weighted by molar-refractivity contribution is -0.143. The molecule has 180 valence electrons. The molecule has 33 heavy (non-hydrogen) atoms. The lowest BCUT2D eigenvalue weighted by Crippen LogP contribution is -2.51. The summed E-state index contributed by atoms with van der Waals surface area (Å²) < 4.78 is 11.3. The van der Waals surface area contributed by atoms with Crippen molar-refractivity contribution in [3.8, 4) is 11.5 Å². The second-order valence-electron chi connectivity index (χ2n) is 8.61. The van der Waals surface area contributed by atoms with Gasteiger partial charge in [-0.3, -0.25) is 9.59 Å². The molecule has 0 radical (unpaired) electrons. The lowest BCUT2D eigenvalue weighted by Gasteiger charge is -2.31. The summed E-state index contributed by atoms with van der Waals surface area (Å²) in [6.45, 7) is 12.1. The van der Waals surface area contributed by atoms with Crippen molar-refractivity contribution in [3.63, 3.8) is 0 Å². The largest absolute Gasteiger partial charge is 0.497 e. The number of nitrogens with zero attached hydrogens (tertiary/aromatic N) is 1. The fourth-order valence-electron chi connectivity index (χ4n) is 3.70. The van der Waals surface area contributed by atoms with E-state index in [1.54, 1.807) is 12.0 Å². The van der Waals surface area contributed by atoms with Gasteiger partial charge in [0.15, 0.2) is 6.61 Å². The van der Waals surface area contributed by atoms with Crippen molar-refractivity contribution >= 4 is 11.8 Å². The van der Waals surface area contributed by atoms with Crippen molar-refractivity contribution in [2.75, 3.05) is 13.7 Å². The molecule has 0 unspecified atom stereocenters. The first-order valence-corrected chi connectivity index (χ1v) is 11.6. The highest BCUT2D eigenvalue weighted by Crippen LogP contribution is 2.24. The normalized spacial score (nSPS) is 12.6. The Balaban J connectivity index is 2.29. The maximum Gasteiger partial charge on any atom is 0.261 e. The monoisotopic (exact) mass is 454 g/mol. The number of carbonyl (C=O) groups excluding carboxylic acids is 2. The van der Waals surface area contributed by atoms with Crippen LogP contribution in [0.3, 0.4) is 0 Å². The van der Waals surface area contributed by atoms with Gasteiger partial charge in [-0.2, -0.15) is 0 Å². The van der Waals surface area contributed by atoms with Gasteiger partial charge in [0.1, 0.15) is 17.5 Å². The van der Waals surface area contributed by atoms with Crippen LogP contribution in [0, 0.1) is 20.8 Å². The predicted octanol–water partition coefficient (Wildman–Crippen LogP) is 4.72. The van der Waals surface area contributed by atoms with Crippen LogP contribution >= 0.6 is 0 Å². The van der Waals surface area contributed by atoms with Crippen molar-refractivity contribution in [3.05, 3.63) is 58.7 Å². The van der Waals surface area contributed by atoms with Gasteiger partial charge in [0.25, 0.3) is 5.91 Å². The number of carbonyl (C=O) groups is 2. The van der Waals surface area contributed by atoms with Gasteiger partial charge < -0.3 is 19.7 Å². The molecule has 0 aliphatic carbocycles. The third-order valence-corrected chi connectivity index (χ3v) is 5.99. The van der Waals surface area contributed by atoms with Gasteiger partial charge in [0, 0.05) is 12.6 Å². The summed E-state index contributed by atoms with van der Waals surface area (Å²) >= 11 is 0. The van der Waals surface area contributed by atoms with Crippen LogP contribution in [0.5, 0.6) is 11.5 Å². The molecule has 0 fully saturated rings. The standard InChI is InChI=1S/C27H38N2O4/c1-8-20(5)28-27(31)24(9-2)29(16-22-11-10-12-23(15-22)32-7)26(30)17-33-25-14-18(3)13-19(4)21(25)6/h10-15,20,24H,8-9,16-17H2,1-7H3,(H,28,31)/t20-,24-/m1/s1. The first kappa shape index (κ1) is 26.2. The van der Waals surface area contributed by atoms with E-state index in [0.29, 0.717) is 17.9 Å². The fraction of sp³-hybridized carbons (Fsp3) is 0.481. The summed E-state index contributed by atoms with van der Waals surface area (Å²) in [5.74, 6) is 1.02. The van der Waals surface area contributed by atoms with Crippen molar-refractivity contribution in [1.82, 2.24) is 10.2 Å². The van der Waals surface area contributed by atoms with Crippen molar-refractivity contribution < 1.29 is 19.1 Å². The third-order valence-electron chi connectivity index (χ3n) is 5.99. The minimum atomic E-state index is -0.596. The van der Waals surface area contributed by atoms with Gasteiger partial charge in [0.2, 0.25) is 5.91 Å². The number of rotatable bonds is 11. The van der Waals surface area contributed by atoms with Gasteiger partial charge in [-0.25, -0.2) is 0 Å². The molecule has 2 rings (SSSR count). The molecular formula is C27H38N2O4. The SMILES string of the molecule is CC[C@@H](C)NC(=O)[C@@H](CC)N(Cc1cccc(OC)c1)C(=O)COc1cc(C)cc(C)c1C. The highest BCUT2D eigenvalue weighted by Gasteiger charge is 2.29. The second-order valence-corrected chi connectivity index (χ2v) is 8.61. The molecule has 6 heteroatoms. The van der Waals surface area contributed by atoms with Crippen LogP contribution in [-0.4, -0.2) is 42.5 Å². The molecule has 0 bridgehead atoms. The number of ether oxygens (including phenoxy) is 2. The Bertz CT molecular complexity index is 957. The number of benzene rings is 2. The maximum atomic E-state index is 13.4. The Morgan fingerprint density at radius 3 is 2.42 bits per heavy atom. The molecule has 2 atom stereocenters. The summed E-state index contributed by atoms with van der Waals surface area (Å²) in [5.41, 5.74) is 4.09. The highest BCUT2D eigenvalue weighted by atomic mass is 16.5. The van der Waals surface area contributed by atoms with E-state index in [-0.39, 0.29) is 31.0 Å². The number of nitrogens with one attached hydrogen (secondary N) is 1. The van der Waals surface area contributed by atoms with E-state index >= 15 is 0 Å². The van der Waals surface area contributed by atoms with E-state index < -0.39 is 6.04 Å². The molecule has 6 nitrogen and oxygen atoms in total. The molecule has 0 saturated heterocycles. The van der Waals surface area contributed by atoms with E-state index in [9.17, 15) is 9.59 Å². The van der Waals surface area contributed by atoms with Gasteiger partial charge in [-0.05, 0) is 81.0 Å². The molecule has 2 aromatic carbocycles. The molecule has 0 aliphatic heterocycles. The number of amides is 2. The van der Waals surface area contributed by atoms with Crippen LogP contribution in [0.1, 0.15) is 55.9 Å². The van der Waals surface area contributed by atoms with Crippen LogP contribution < -0.4 is 14.8 Å². The van der Waals surface area contributed by atoms with Crippen LogP contribution in [0.25, 0.3) is 0 Å². The average molecular weight is 455 g/mol. The zero-order chi connectivity index (χ0) is 24.5. The Morgan fingerprint density at radius 1 is 1.06 bits per heavy atom. The van der Waals surface area contributed by atoms with Gasteiger partial charge >= 0.3 is 0 Å². The number of hydrogen-bond donors (Lipinski definition) is 1. The Morgan fingerprint density at radius 2 is 1.79 bits per heavy atom. The minimum absolute atomic E-state index is 0.0366. The quantitative estimate of drug-likeness (QED) is 0.533. The summed E-state index contributed by atoms with van der Waals surface area (Å²) in [7, 11) is 1.61. The molecule has 0 aliphatic rings. The summed E-state index contributed by atoms with van der Waals surface area (Å²) in [5, 5.41) is 3.02. The first-order chi connectivity index (χ1) is 15.7. The smallest absolute Gasteiger partial charge is 0.261 e. The van der Waals surface area contributed by atoms with Crippen molar-refractivity contribution in [2.24, 2.45) is 0 Å². The lowest BCUT2D eigenvalue weighted by atomic mass is 10.1. The number of hydrogen-bond acceptors (Lipinski definition) is 4. The van der Waals surface area contributed by atoms with E-state index in [0.717, 1.165) is 28.7 Å². The molecular weight excluding hydrogens is 416 g/mol. The number of methoxy groups -OCH3 is 1. The second kappa shape index (κ2) is 12.3. The molecule has 2 amide bonds. The molecule has 1 N–H and O–H groups in total. The van der Waals surface area contributed by atoms with Crippen LogP contribution in [0.15, 0.2) is 36.4 Å². The molecule has 0 spiro atoms. The zero-order valence-electron chi connectivity index (χ0n) is 21.0. The highest BCUT2D eigenvalue weighted by molar-refractivity contribution is 5.88. The van der Waals surface area contributed by atoms with Crippen LogP contribution in [0.4, 0.5) is 0 Å². The Labute approximate surface area is 198 Å².